The Morgan fingerprint density at radius 2 is 1.88 bits per heavy atom. The number of imidazole rings is 1. The largest absolute Gasteiger partial charge is 0.465 e. The number of aromatic nitrogens is 3. The lowest BCUT2D eigenvalue weighted by Crippen LogP contribution is -2.40. The molecular formula is C27H28N4O3. The van der Waals surface area contributed by atoms with Gasteiger partial charge in [0.2, 0.25) is 0 Å². The van der Waals surface area contributed by atoms with Crippen molar-refractivity contribution in [3.05, 3.63) is 76.3 Å². The minimum absolute atomic E-state index is 0.0819. The number of pyridine rings is 1. The average molecular weight is 457 g/mol. The van der Waals surface area contributed by atoms with Crippen LogP contribution in [-0.4, -0.2) is 44.7 Å². The van der Waals surface area contributed by atoms with Crippen LogP contribution in [0.3, 0.4) is 0 Å². The first-order valence-corrected chi connectivity index (χ1v) is 12.1. The highest BCUT2D eigenvalue weighted by Gasteiger charge is 2.33. The molecule has 34 heavy (non-hydrogen) atoms. The standard InChI is InChI=1S/C27H28N4O3/c1-2-34-24(32)17-30-26-22(10-5-13-28-26)31(27(30)33)20-11-14-29(15-12-20)23-16-19-8-3-6-18-7-4-9-21(23)25(18)19/h3-10,13,20,23H,2,11-12,14-17H2,1H3. The van der Waals surface area contributed by atoms with E-state index in [0.717, 1.165) is 37.9 Å². The summed E-state index contributed by atoms with van der Waals surface area (Å²) in [6, 6.07) is 17.5. The van der Waals surface area contributed by atoms with E-state index in [1.165, 1.54) is 26.5 Å². The van der Waals surface area contributed by atoms with E-state index in [2.05, 4.69) is 46.3 Å². The fraction of sp³-hybridized carbons (Fsp3) is 0.370. The molecule has 1 unspecified atom stereocenters. The Hall–Kier alpha value is -3.45. The second-order valence-corrected chi connectivity index (χ2v) is 9.24. The van der Waals surface area contributed by atoms with Crippen LogP contribution in [0.15, 0.2) is 59.5 Å². The number of likely N-dealkylation sites (tertiary alicyclic amines) is 1. The molecule has 7 heteroatoms. The van der Waals surface area contributed by atoms with Gasteiger partial charge in [-0.3, -0.25) is 18.8 Å². The molecule has 174 valence electrons. The molecule has 2 aromatic heterocycles. The maximum absolute atomic E-state index is 13.4. The molecule has 1 saturated heterocycles. The molecule has 1 atom stereocenters. The molecular weight excluding hydrogens is 428 g/mol. The average Bonchev–Trinajstić information content (AvgIpc) is 3.37. The van der Waals surface area contributed by atoms with Gasteiger partial charge in [-0.15, -0.1) is 0 Å². The molecule has 6 rings (SSSR count). The van der Waals surface area contributed by atoms with Gasteiger partial charge in [-0.1, -0.05) is 36.4 Å². The van der Waals surface area contributed by atoms with Gasteiger partial charge in [0, 0.05) is 31.4 Å². The summed E-state index contributed by atoms with van der Waals surface area (Å²) in [7, 11) is 0. The van der Waals surface area contributed by atoms with Crippen LogP contribution in [0.25, 0.3) is 21.9 Å². The Morgan fingerprint density at radius 3 is 2.68 bits per heavy atom. The van der Waals surface area contributed by atoms with Gasteiger partial charge < -0.3 is 4.74 Å². The fourth-order valence-electron chi connectivity index (χ4n) is 5.94. The lowest BCUT2D eigenvalue weighted by molar-refractivity contribution is -0.143. The molecule has 0 spiro atoms. The third kappa shape index (κ3) is 3.34. The molecule has 0 saturated carbocycles. The number of benzene rings is 2. The number of carbonyl (C=O) groups is 1. The van der Waals surface area contributed by atoms with Crippen molar-refractivity contribution in [3.63, 3.8) is 0 Å². The van der Waals surface area contributed by atoms with Gasteiger partial charge in [-0.25, -0.2) is 9.78 Å². The zero-order valence-electron chi connectivity index (χ0n) is 19.3. The number of fused-ring (bicyclic) bond motifs is 1. The summed E-state index contributed by atoms with van der Waals surface area (Å²) in [6.45, 7) is 3.79. The lowest BCUT2D eigenvalue weighted by Gasteiger charge is -2.36. The monoisotopic (exact) mass is 456 g/mol. The molecule has 2 aliphatic rings. The summed E-state index contributed by atoms with van der Waals surface area (Å²) < 4.78 is 8.39. The summed E-state index contributed by atoms with van der Waals surface area (Å²) in [5.74, 6) is -0.418. The van der Waals surface area contributed by atoms with Crippen molar-refractivity contribution in [2.45, 2.75) is 44.8 Å². The van der Waals surface area contributed by atoms with Crippen LogP contribution in [0.1, 0.15) is 43.0 Å². The SMILES string of the molecule is CCOC(=O)Cn1c(=O)n(C2CCN(C3Cc4cccc5cccc3c45)CC2)c2cccnc21. The van der Waals surface area contributed by atoms with Crippen molar-refractivity contribution in [1.29, 1.82) is 0 Å². The highest BCUT2D eigenvalue weighted by Crippen LogP contribution is 2.41. The van der Waals surface area contributed by atoms with E-state index in [1.807, 2.05) is 16.7 Å². The number of hydrogen-bond acceptors (Lipinski definition) is 5. The molecule has 0 radical (unpaired) electrons. The number of nitrogens with zero attached hydrogens (tertiary/aromatic N) is 4. The Morgan fingerprint density at radius 1 is 1.09 bits per heavy atom. The van der Waals surface area contributed by atoms with Crippen LogP contribution < -0.4 is 5.69 Å². The number of piperidine rings is 1. The number of rotatable bonds is 5. The number of hydrogen-bond donors (Lipinski definition) is 0. The molecule has 1 aliphatic heterocycles. The summed E-state index contributed by atoms with van der Waals surface area (Å²) >= 11 is 0. The zero-order valence-corrected chi connectivity index (χ0v) is 19.3. The van der Waals surface area contributed by atoms with Gasteiger partial charge >= 0.3 is 11.7 Å². The summed E-state index contributed by atoms with van der Waals surface area (Å²) in [5, 5.41) is 2.74. The minimum atomic E-state index is -0.418. The summed E-state index contributed by atoms with van der Waals surface area (Å²) in [4.78, 5) is 32.5. The molecule has 4 aromatic rings. The second-order valence-electron chi connectivity index (χ2n) is 9.24. The molecule has 3 heterocycles. The molecule has 2 aromatic carbocycles. The highest BCUT2D eigenvalue weighted by atomic mass is 16.5. The zero-order chi connectivity index (χ0) is 23.2. The molecule has 7 nitrogen and oxygen atoms in total. The Labute approximate surface area is 197 Å². The molecule has 0 N–H and O–H groups in total. The van der Waals surface area contributed by atoms with Crippen LogP contribution in [0.5, 0.6) is 0 Å². The van der Waals surface area contributed by atoms with Crippen molar-refractivity contribution in [2.24, 2.45) is 0 Å². The summed E-state index contributed by atoms with van der Waals surface area (Å²) in [6.07, 6.45) is 4.48. The molecule has 0 amide bonds. The first-order valence-electron chi connectivity index (χ1n) is 12.1. The van der Waals surface area contributed by atoms with E-state index >= 15 is 0 Å². The Balaban J connectivity index is 1.26. The topological polar surface area (TPSA) is 69.4 Å². The van der Waals surface area contributed by atoms with Crippen molar-refractivity contribution in [2.75, 3.05) is 19.7 Å². The van der Waals surface area contributed by atoms with Crippen molar-refractivity contribution in [3.8, 4) is 0 Å². The Bertz CT molecular complexity index is 1440. The number of carbonyl (C=O) groups excluding carboxylic acids is 1. The van der Waals surface area contributed by atoms with Crippen LogP contribution >= 0.6 is 0 Å². The van der Waals surface area contributed by atoms with E-state index < -0.39 is 5.97 Å². The van der Waals surface area contributed by atoms with E-state index in [9.17, 15) is 9.59 Å². The maximum Gasteiger partial charge on any atom is 0.331 e. The fourth-order valence-corrected chi connectivity index (χ4v) is 5.94. The van der Waals surface area contributed by atoms with Gasteiger partial charge in [-0.2, -0.15) is 0 Å². The van der Waals surface area contributed by atoms with E-state index in [0.29, 0.717) is 11.7 Å². The van der Waals surface area contributed by atoms with Crippen molar-refractivity contribution >= 4 is 27.9 Å². The van der Waals surface area contributed by atoms with Gasteiger partial charge in [0.05, 0.1) is 12.1 Å². The Kier molecular flexibility index (Phi) is 5.21. The minimum Gasteiger partial charge on any atom is -0.465 e. The van der Waals surface area contributed by atoms with E-state index in [1.54, 1.807) is 13.1 Å². The normalized spacial score (nSPS) is 18.7. The lowest BCUT2D eigenvalue weighted by atomic mass is 9.99. The highest BCUT2D eigenvalue weighted by molar-refractivity contribution is 5.91. The summed E-state index contributed by atoms with van der Waals surface area (Å²) in [5.41, 5.74) is 4.01. The third-order valence-corrected chi connectivity index (χ3v) is 7.41. The maximum atomic E-state index is 13.4. The van der Waals surface area contributed by atoms with Crippen LogP contribution in [0.4, 0.5) is 0 Å². The van der Waals surface area contributed by atoms with Gasteiger partial charge in [0.25, 0.3) is 0 Å². The molecule has 1 aliphatic carbocycles. The first-order chi connectivity index (χ1) is 16.7. The van der Waals surface area contributed by atoms with Gasteiger partial charge in [0.1, 0.15) is 6.54 Å². The van der Waals surface area contributed by atoms with E-state index in [4.69, 9.17) is 4.74 Å². The second kappa shape index (κ2) is 8.40. The molecule has 0 bridgehead atoms. The quantitative estimate of drug-likeness (QED) is 0.427. The van der Waals surface area contributed by atoms with Crippen LogP contribution in [0.2, 0.25) is 0 Å². The van der Waals surface area contributed by atoms with Gasteiger partial charge in [-0.05, 0) is 60.2 Å². The predicted octanol–water partition coefficient (Wildman–Crippen LogP) is 3.85. The first kappa shape index (κ1) is 21.1. The van der Waals surface area contributed by atoms with E-state index in [-0.39, 0.29) is 24.9 Å². The molecule has 1 fully saturated rings. The number of esters is 1. The predicted molar refractivity (Wildman–Crippen MR) is 131 cm³/mol. The van der Waals surface area contributed by atoms with Crippen LogP contribution in [-0.2, 0) is 22.5 Å². The number of ether oxygens (including phenoxy) is 1. The third-order valence-electron chi connectivity index (χ3n) is 7.41. The van der Waals surface area contributed by atoms with Crippen molar-refractivity contribution in [1.82, 2.24) is 19.0 Å². The van der Waals surface area contributed by atoms with Gasteiger partial charge in [0.15, 0.2) is 5.65 Å². The van der Waals surface area contributed by atoms with Crippen molar-refractivity contribution < 1.29 is 9.53 Å². The van der Waals surface area contributed by atoms with Crippen LogP contribution in [0, 0.1) is 0 Å². The smallest absolute Gasteiger partial charge is 0.331 e.